The maximum absolute atomic E-state index is 9.08. The summed E-state index contributed by atoms with van der Waals surface area (Å²) >= 11 is 6.59. The number of halogens is 1. The van der Waals surface area contributed by atoms with Gasteiger partial charge in [0.15, 0.2) is 23.0 Å². The van der Waals surface area contributed by atoms with E-state index in [2.05, 4.69) is 5.16 Å². The summed E-state index contributed by atoms with van der Waals surface area (Å²) in [4.78, 5) is 0. The number of oxime groups is 1. The lowest BCUT2D eigenvalue weighted by molar-refractivity contribution is 0.322. The van der Waals surface area contributed by atoms with Gasteiger partial charge in [-0.3, -0.25) is 0 Å². The van der Waals surface area contributed by atoms with Crippen molar-refractivity contribution in [2.75, 3.05) is 28.4 Å². The highest BCUT2D eigenvalue weighted by Crippen LogP contribution is 2.37. The molecule has 0 saturated carbocycles. The largest absolute Gasteiger partial charge is 0.493 e. The second kappa shape index (κ2) is 9.01. The lowest BCUT2D eigenvalue weighted by Gasteiger charge is -2.13. The Morgan fingerprint density at radius 2 is 1.27 bits per heavy atom. The summed E-state index contributed by atoms with van der Waals surface area (Å²) in [5, 5.41) is 12.6. The number of rotatable bonds is 7. The van der Waals surface area contributed by atoms with Crippen LogP contribution in [0.15, 0.2) is 41.6 Å². The highest BCUT2D eigenvalue weighted by Gasteiger charge is 2.14. The smallest absolute Gasteiger partial charge is 0.161 e. The first-order chi connectivity index (χ1) is 12.6. The molecule has 0 saturated heterocycles. The third-order valence-corrected chi connectivity index (χ3v) is 4.18. The molecule has 2 rings (SSSR count). The molecule has 0 amide bonds. The number of hydrogen-bond acceptors (Lipinski definition) is 6. The third-order valence-electron chi connectivity index (χ3n) is 3.75. The summed E-state index contributed by atoms with van der Waals surface area (Å²) in [6, 6.07) is 10.6. The second-order valence-corrected chi connectivity index (χ2v) is 5.49. The van der Waals surface area contributed by atoms with E-state index in [1.54, 1.807) is 64.8 Å². The molecule has 0 atom stereocenters. The van der Waals surface area contributed by atoms with Gasteiger partial charge in [-0.25, -0.2) is 0 Å². The van der Waals surface area contributed by atoms with Crippen molar-refractivity contribution in [2.24, 2.45) is 5.16 Å². The van der Waals surface area contributed by atoms with E-state index in [9.17, 15) is 0 Å². The maximum atomic E-state index is 9.08. The van der Waals surface area contributed by atoms with Gasteiger partial charge < -0.3 is 24.2 Å². The van der Waals surface area contributed by atoms with Gasteiger partial charge in [-0.05, 0) is 41.5 Å². The van der Waals surface area contributed by atoms with Crippen LogP contribution in [0.5, 0.6) is 23.0 Å². The fourth-order valence-corrected chi connectivity index (χ4v) is 2.72. The molecule has 138 valence electrons. The quantitative estimate of drug-likeness (QED) is 0.337. The van der Waals surface area contributed by atoms with Gasteiger partial charge in [-0.1, -0.05) is 22.8 Å². The fourth-order valence-electron chi connectivity index (χ4n) is 2.45. The lowest BCUT2D eigenvalue weighted by atomic mass is 10.0. The first-order valence-electron chi connectivity index (χ1n) is 7.61. The van der Waals surface area contributed by atoms with E-state index in [0.29, 0.717) is 44.7 Å². The lowest BCUT2D eigenvalue weighted by Crippen LogP contribution is -1.96. The Labute approximate surface area is 157 Å². The number of benzene rings is 2. The van der Waals surface area contributed by atoms with Crippen LogP contribution < -0.4 is 18.9 Å². The van der Waals surface area contributed by atoms with Crippen LogP contribution in [0.25, 0.3) is 10.6 Å². The Kier molecular flexibility index (Phi) is 6.74. The van der Waals surface area contributed by atoms with E-state index < -0.39 is 0 Å². The molecule has 0 aromatic heterocycles. The Morgan fingerprint density at radius 1 is 0.808 bits per heavy atom. The summed E-state index contributed by atoms with van der Waals surface area (Å²) < 4.78 is 21.1. The molecule has 0 radical (unpaired) electrons. The Morgan fingerprint density at radius 3 is 1.73 bits per heavy atom. The van der Waals surface area contributed by atoms with Gasteiger partial charge in [-0.2, -0.15) is 0 Å². The molecule has 0 unspecified atom stereocenters. The zero-order valence-corrected chi connectivity index (χ0v) is 15.7. The van der Waals surface area contributed by atoms with Gasteiger partial charge in [0, 0.05) is 5.57 Å². The Bertz CT molecular complexity index is 833. The predicted molar refractivity (Wildman–Crippen MR) is 102 cm³/mol. The first-order valence-corrected chi connectivity index (χ1v) is 7.99. The van der Waals surface area contributed by atoms with Crippen LogP contribution in [0.2, 0.25) is 0 Å². The summed E-state index contributed by atoms with van der Waals surface area (Å²) in [7, 11) is 6.20. The van der Waals surface area contributed by atoms with E-state index in [1.165, 1.54) is 6.21 Å². The zero-order valence-electron chi connectivity index (χ0n) is 14.9. The van der Waals surface area contributed by atoms with Gasteiger partial charge in [0.2, 0.25) is 0 Å². The van der Waals surface area contributed by atoms with Crippen LogP contribution in [0.3, 0.4) is 0 Å². The molecule has 26 heavy (non-hydrogen) atoms. The van der Waals surface area contributed by atoms with Crippen molar-refractivity contribution in [3.05, 3.63) is 47.5 Å². The Hall–Kier alpha value is -2.86. The van der Waals surface area contributed by atoms with Crippen LogP contribution >= 0.6 is 11.6 Å². The topological polar surface area (TPSA) is 69.5 Å². The molecular weight excluding hydrogens is 358 g/mol. The van der Waals surface area contributed by atoms with Crippen molar-refractivity contribution in [2.45, 2.75) is 0 Å². The summed E-state index contributed by atoms with van der Waals surface area (Å²) in [5.41, 5.74) is 1.87. The van der Waals surface area contributed by atoms with E-state index >= 15 is 0 Å². The van der Waals surface area contributed by atoms with Crippen molar-refractivity contribution < 1.29 is 24.2 Å². The van der Waals surface area contributed by atoms with Gasteiger partial charge in [0.1, 0.15) is 0 Å². The molecule has 0 heterocycles. The number of hydrogen-bond donors (Lipinski definition) is 1. The first kappa shape index (κ1) is 19.5. The minimum absolute atomic E-state index is 0.371. The van der Waals surface area contributed by atoms with E-state index in [4.69, 9.17) is 35.8 Å². The molecule has 0 aliphatic carbocycles. The van der Waals surface area contributed by atoms with Gasteiger partial charge >= 0.3 is 0 Å². The number of allylic oxidation sites excluding steroid dienone is 1. The molecule has 6 nitrogen and oxygen atoms in total. The van der Waals surface area contributed by atoms with Gasteiger partial charge in [0.25, 0.3) is 0 Å². The summed E-state index contributed by atoms with van der Waals surface area (Å²) in [5.74, 6) is 2.24. The molecule has 0 aliphatic rings. The molecule has 0 aliphatic heterocycles. The van der Waals surface area contributed by atoms with Gasteiger partial charge in [-0.15, -0.1) is 0 Å². The summed E-state index contributed by atoms with van der Waals surface area (Å²) in [6.07, 6.45) is 1.26. The van der Waals surface area contributed by atoms with Crippen LogP contribution in [0, 0.1) is 0 Å². The highest BCUT2D eigenvalue weighted by molar-refractivity contribution is 6.56. The standard InChI is InChI=1S/C19H20ClNO5/c1-23-15-7-5-12(9-17(15)25-3)14(11-21-22)19(20)13-6-8-16(24-2)18(10-13)26-4/h5-11,22H,1-4H3/b19-14-,21-11+. The van der Waals surface area contributed by atoms with Crippen LogP contribution in [-0.2, 0) is 0 Å². The summed E-state index contributed by atoms with van der Waals surface area (Å²) in [6.45, 7) is 0. The van der Waals surface area contributed by atoms with E-state index in [1.807, 2.05) is 0 Å². The van der Waals surface area contributed by atoms with Crippen molar-refractivity contribution in [1.82, 2.24) is 0 Å². The molecule has 0 bridgehead atoms. The molecule has 2 aromatic rings. The van der Waals surface area contributed by atoms with Crippen molar-refractivity contribution >= 4 is 28.4 Å². The molecule has 2 aromatic carbocycles. The van der Waals surface area contributed by atoms with E-state index in [0.717, 1.165) is 0 Å². The molecule has 0 spiro atoms. The SMILES string of the molecule is COc1ccc(/C(Cl)=C(\C=N\O)c2ccc(OC)c(OC)c2)cc1OC. The zero-order chi connectivity index (χ0) is 19.1. The highest BCUT2D eigenvalue weighted by atomic mass is 35.5. The second-order valence-electron chi connectivity index (χ2n) is 5.11. The molecular formula is C19H20ClNO5. The average Bonchev–Trinajstić information content (AvgIpc) is 2.70. The number of ether oxygens (including phenoxy) is 4. The van der Waals surface area contributed by atoms with Crippen molar-refractivity contribution in [3.63, 3.8) is 0 Å². The monoisotopic (exact) mass is 377 g/mol. The van der Waals surface area contributed by atoms with Crippen molar-refractivity contribution in [1.29, 1.82) is 0 Å². The van der Waals surface area contributed by atoms with Crippen molar-refractivity contribution in [3.8, 4) is 23.0 Å². The van der Waals surface area contributed by atoms with Crippen LogP contribution in [0.4, 0.5) is 0 Å². The van der Waals surface area contributed by atoms with Crippen LogP contribution in [-0.4, -0.2) is 39.9 Å². The molecule has 1 N–H and O–H groups in total. The average molecular weight is 378 g/mol. The number of nitrogens with zero attached hydrogens (tertiary/aromatic N) is 1. The van der Waals surface area contributed by atoms with E-state index in [-0.39, 0.29) is 0 Å². The third kappa shape index (κ3) is 4.03. The maximum Gasteiger partial charge on any atom is 0.161 e. The van der Waals surface area contributed by atoms with Crippen LogP contribution in [0.1, 0.15) is 11.1 Å². The molecule has 0 fully saturated rings. The Balaban J connectivity index is 2.61. The fraction of sp³-hybridized carbons (Fsp3) is 0.211. The molecule has 7 heteroatoms. The van der Waals surface area contributed by atoms with Gasteiger partial charge in [0.05, 0.1) is 39.7 Å². The normalized spacial score (nSPS) is 11.9. The minimum Gasteiger partial charge on any atom is -0.493 e. The number of methoxy groups -OCH3 is 4. The minimum atomic E-state index is 0.371. The predicted octanol–water partition coefficient (Wildman–Crippen LogP) is 4.29.